The van der Waals surface area contributed by atoms with E-state index >= 15 is 0 Å². The number of carbonyl (C=O) groups is 1. The zero-order valence-corrected chi connectivity index (χ0v) is 13.1. The van der Waals surface area contributed by atoms with Crippen LogP contribution in [0.1, 0.15) is 35.4 Å². The highest BCUT2D eigenvalue weighted by Gasteiger charge is 2.12. The Hall–Kier alpha value is -2.40. The van der Waals surface area contributed by atoms with Crippen LogP contribution in [0.15, 0.2) is 42.5 Å². The van der Waals surface area contributed by atoms with Gasteiger partial charge >= 0.3 is 0 Å². The van der Waals surface area contributed by atoms with Crippen LogP contribution in [0.2, 0.25) is 0 Å². The lowest BCUT2D eigenvalue weighted by atomic mass is 10.1. The van der Waals surface area contributed by atoms with Crippen molar-refractivity contribution in [2.45, 2.75) is 19.4 Å². The van der Waals surface area contributed by atoms with Gasteiger partial charge in [-0.3, -0.25) is 4.79 Å². The first-order valence-electron chi connectivity index (χ1n) is 7.32. The number of aliphatic hydroxyl groups excluding tert-OH is 1. The first-order valence-corrected chi connectivity index (χ1v) is 7.32. The van der Waals surface area contributed by atoms with E-state index < -0.39 is 11.9 Å². The average molecular weight is 318 g/mol. The summed E-state index contributed by atoms with van der Waals surface area (Å²) in [5.41, 5.74) is 1.03. The molecule has 5 heteroatoms. The first kappa shape index (κ1) is 17.0. The molecule has 0 aliphatic heterocycles. The van der Waals surface area contributed by atoms with Crippen LogP contribution in [0.5, 0.6) is 11.5 Å². The fourth-order valence-electron chi connectivity index (χ4n) is 2.10. The van der Waals surface area contributed by atoms with Crippen LogP contribution in [0.25, 0.3) is 0 Å². The van der Waals surface area contributed by atoms with Gasteiger partial charge in [0.05, 0.1) is 7.11 Å². The molecule has 23 heavy (non-hydrogen) atoms. The monoisotopic (exact) mass is 318 g/mol. The number of halogens is 1. The summed E-state index contributed by atoms with van der Waals surface area (Å²) >= 11 is 0. The van der Waals surface area contributed by atoms with Crippen molar-refractivity contribution in [2.24, 2.45) is 0 Å². The topological polar surface area (TPSA) is 55.8 Å². The maximum atomic E-state index is 13.6. The molecule has 0 saturated carbocycles. The second kappa shape index (κ2) is 7.74. The number of ketones is 1. The van der Waals surface area contributed by atoms with Gasteiger partial charge in [-0.05, 0) is 42.0 Å². The zero-order chi connectivity index (χ0) is 16.8. The SMILES string of the molecule is CCC(=O)c1ccc(OCC(O)c2ccc(OC)c(F)c2)cc1. The molecule has 0 radical (unpaired) electrons. The van der Waals surface area contributed by atoms with E-state index in [2.05, 4.69) is 0 Å². The van der Waals surface area contributed by atoms with E-state index in [4.69, 9.17) is 9.47 Å². The third-order valence-corrected chi connectivity index (χ3v) is 3.47. The summed E-state index contributed by atoms with van der Waals surface area (Å²) in [7, 11) is 1.38. The van der Waals surface area contributed by atoms with Crippen molar-refractivity contribution in [1.29, 1.82) is 0 Å². The molecule has 0 bridgehead atoms. The maximum Gasteiger partial charge on any atom is 0.165 e. The Balaban J connectivity index is 1.97. The molecular weight excluding hydrogens is 299 g/mol. The highest BCUT2D eigenvalue weighted by Crippen LogP contribution is 2.23. The van der Waals surface area contributed by atoms with Crippen molar-refractivity contribution in [3.05, 3.63) is 59.4 Å². The average Bonchev–Trinajstić information content (AvgIpc) is 2.59. The molecule has 0 aliphatic rings. The third kappa shape index (κ3) is 4.29. The number of ether oxygens (including phenoxy) is 2. The molecule has 1 atom stereocenters. The van der Waals surface area contributed by atoms with E-state index in [1.54, 1.807) is 37.3 Å². The smallest absolute Gasteiger partial charge is 0.165 e. The Bertz CT molecular complexity index is 667. The third-order valence-electron chi connectivity index (χ3n) is 3.47. The lowest BCUT2D eigenvalue weighted by Crippen LogP contribution is -2.10. The first-order chi connectivity index (χ1) is 11.0. The molecule has 0 saturated heterocycles. The van der Waals surface area contributed by atoms with E-state index in [1.165, 1.54) is 19.2 Å². The minimum atomic E-state index is -0.965. The van der Waals surface area contributed by atoms with Crippen molar-refractivity contribution in [3.8, 4) is 11.5 Å². The highest BCUT2D eigenvalue weighted by atomic mass is 19.1. The molecule has 0 fully saturated rings. The Morgan fingerprint density at radius 1 is 1.22 bits per heavy atom. The van der Waals surface area contributed by atoms with E-state index in [0.29, 0.717) is 23.3 Å². The maximum absolute atomic E-state index is 13.6. The molecule has 0 aromatic heterocycles. The van der Waals surface area contributed by atoms with Crippen LogP contribution in [0.3, 0.4) is 0 Å². The lowest BCUT2D eigenvalue weighted by molar-refractivity contribution is 0.0987. The predicted molar refractivity (Wildman–Crippen MR) is 84.5 cm³/mol. The minimum Gasteiger partial charge on any atom is -0.494 e. The molecular formula is C18H19FO4. The summed E-state index contributed by atoms with van der Waals surface area (Å²) in [4.78, 5) is 11.5. The van der Waals surface area contributed by atoms with Crippen molar-refractivity contribution in [2.75, 3.05) is 13.7 Å². The van der Waals surface area contributed by atoms with Crippen LogP contribution in [0, 0.1) is 5.82 Å². The van der Waals surface area contributed by atoms with Crippen LogP contribution >= 0.6 is 0 Å². The molecule has 122 valence electrons. The van der Waals surface area contributed by atoms with Crippen LogP contribution < -0.4 is 9.47 Å². The number of hydrogen-bond donors (Lipinski definition) is 1. The van der Waals surface area contributed by atoms with Gasteiger partial charge in [0.25, 0.3) is 0 Å². The predicted octanol–water partition coefficient (Wildman–Crippen LogP) is 3.54. The number of carbonyl (C=O) groups excluding carboxylic acids is 1. The molecule has 2 rings (SSSR count). The molecule has 1 N–H and O–H groups in total. The van der Waals surface area contributed by atoms with Crippen molar-refractivity contribution >= 4 is 5.78 Å². The summed E-state index contributed by atoms with van der Waals surface area (Å²) < 4.78 is 23.9. The number of rotatable bonds is 7. The fraction of sp³-hybridized carbons (Fsp3) is 0.278. The summed E-state index contributed by atoms with van der Waals surface area (Å²) in [5, 5.41) is 10.1. The van der Waals surface area contributed by atoms with Gasteiger partial charge in [-0.25, -0.2) is 4.39 Å². The Morgan fingerprint density at radius 2 is 1.91 bits per heavy atom. The number of aliphatic hydroxyl groups is 1. The van der Waals surface area contributed by atoms with Crippen molar-refractivity contribution in [1.82, 2.24) is 0 Å². The Labute approximate surface area is 134 Å². The molecule has 0 aliphatic carbocycles. The van der Waals surface area contributed by atoms with E-state index in [1.807, 2.05) is 0 Å². The zero-order valence-electron chi connectivity index (χ0n) is 13.1. The largest absolute Gasteiger partial charge is 0.494 e. The number of hydrogen-bond acceptors (Lipinski definition) is 4. The molecule has 0 amide bonds. The summed E-state index contributed by atoms with van der Waals surface area (Å²) in [5.74, 6) is 0.181. The summed E-state index contributed by atoms with van der Waals surface area (Å²) in [6, 6.07) is 11.0. The van der Waals surface area contributed by atoms with Gasteiger partial charge in [0, 0.05) is 12.0 Å². The van der Waals surface area contributed by atoms with Crippen molar-refractivity contribution < 1.29 is 23.8 Å². The van der Waals surface area contributed by atoms with Crippen LogP contribution in [0.4, 0.5) is 4.39 Å². The highest BCUT2D eigenvalue weighted by molar-refractivity contribution is 5.95. The van der Waals surface area contributed by atoms with E-state index in [0.717, 1.165) is 0 Å². The number of benzene rings is 2. The number of Topliss-reactive ketones (excluding diaryl/α,β-unsaturated/α-hetero) is 1. The second-order valence-electron chi connectivity index (χ2n) is 5.02. The van der Waals surface area contributed by atoms with Gasteiger partial charge in [0.1, 0.15) is 18.5 Å². The molecule has 4 nitrogen and oxygen atoms in total. The Kier molecular flexibility index (Phi) is 5.71. The number of methoxy groups -OCH3 is 1. The standard InChI is InChI=1S/C18H19FO4/c1-3-16(20)12-4-7-14(8-5-12)23-11-17(21)13-6-9-18(22-2)15(19)10-13/h4-10,17,21H,3,11H2,1-2H3. The van der Waals surface area contributed by atoms with Crippen molar-refractivity contribution in [3.63, 3.8) is 0 Å². The molecule has 1 unspecified atom stereocenters. The Morgan fingerprint density at radius 3 is 2.48 bits per heavy atom. The minimum absolute atomic E-state index is 0.0210. The fourth-order valence-corrected chi connectivity index (χ4v) is 2.10. The second-order valence-corrected chi connectivity index (χ2v) is 5.02. The van der Waals surface area contributed by atoms with E-state index in [9.17, 15) is 14.3 Å². The molecule has 2 aromatic rings. The molecule has 0 heterocycles. The van der Waals surface area contributed by atoms with Gasteiger partial charge in [-0.1, -0.05) is 13.0 Å². The van der Waals surface area contributed by atoms with Crippen LogP contribution in [-0.2, 0) is 0 Å². The normalized spacial score (nSPS) is 11.8. The van der Waals surface area contributed by atoms with Gasteiger partial charge in [0.15, 0.2) is 17.3 Å². The van der Waals surface area contributed by atoms with Crippen LogP contribution in [-0.4, -0.2) is 24.6 Å². The van der Waals surface area contributed by atoms with Gasteiger partial charge < -0.3 is 14.6 Å². The van der Waals surface area contributed by atoms with Gasteiger partial charge in [-0.15, -0.1) is 0 Å². The lowest BCUT2D eigenvalue weighted by Gasteiger charge is -2.14. The quantitative estimate of drug-likeness (QED) is 0.793. The molecule has 0 spiro atoms. The van der Waals surface area contributed by atoms with E-state index in [-0.39, 0.29) is 18.1 Å². The summed E-state index contributed by atoms with van der Waals surface area (Å²) in [6.07, 6.45) is -0.519. The van der Waals surface area contributed by atoms with Gasteiger partial charge in [-0.2, -0.15) is 0 Å². The van der Waals surface area contributed by atoms with Gasteiger partial charge in [0.2, 0.25) is 0 Å². The molecule has 2 aromatic carbocycles. The summed E-state index contributed by atoms with van der Waals surface area (Å²) in [6.45, 7) is 1.78.